The zero-order valence-corrected chi connectivity index (χ0v) is 8.58. The molecule has 1 aromatic rings. The summed E-state index contributed by atoms with van der Waals surface area (Å²) in [6.07, 6.45) is 4.50. The Hall–Kier alpha value is -1.05. The maximum Gasteiger partial charge on any atom is 0.164 e. The quantitative estimate of drug-likeness (QED) is 0.651. The van der Waals surface area contributed by atoms with E-state index in [1.165, 1.54) is 0 Å². The second-order valence-electron chi connectivity index (χ2n) is 3.77. The summed E-state index contributed by atoms with van der Waals surface area (Å²) in [5.74, 6) is 0.847. The SMILES string of the molecule is CCC(=O)c1ccn(CC(C)C)c1. The summed E-state index contributed by atoms with van der Waals surface area (Å²) in [5.41, 5.74) is 0.836. The van der Waals surface area contributed by atoms with Crippen molar-refractivity contribution in [1.82, 2.24) is 4.57 Å². The second-order valence-corrected chi connectivity index (χ2v) is 3.77. The summed E-state index contributed by atoms with van der Waals surface area (Å²) in [4.78, 5) is 11.3. The van der Waals surface area contributed by atoms with Gasteiger partial charge >= 0.3 is 0 Å². The Morgan fingerprint density at radius 1 is 1.54 bits per heavy atom. The molecule has 1 aromatic heterocycles. The third kappa shape index (κ3) is 2.72. The Morgan fingerprint density at radius 3 is 2.77 bits per heavy atom. The van der Waals surface area contributed by atoms with Crippen LogP contribution in [0.15, 0.2) is 18.5 Å². The average Bonchev–Trinajstić information content (AvgIpc) is 2.50. The molecule has 0 bridgehead atoms. The van der Waals surface area contributed by atoms with Crippen LogP contribution in [0.5, 0.6) is 0 Å². The highest BCUT2D eigenvalue weighted by molar-refractivity contribution is 5.95. The molecule has 0 saturated heterocycles. The van der Waals surface area contributed by atoms with E-state index in [1.807, 2.05) is 25.4 Å². The third-order valence-electron chi connectivity index (χ3n) is 1.97. The highest BCUT2D eigenvalue weighted by Gasteiger charge is 2.04. The van der Waals surface area contributed by atoms with Crippen LogP contribution < -0.4 is 0 Å². The minimum absolute atomic E-state index is 0.225. The normalized spacial score (nSPS) is 10.8. The van der Waals surface area contributed by atoms with Gasteiger partial charge in [0.25, 0.3) is 0 Å². The van der Waals surface area contributed by atoms with Crippen molar-refractivity contribution < 1.29 is 4.79 Å². The van der Waals surface area contributed by atoms with Crippen LogP contribution in [0.1, 0.15) is 37.6 Å². The lowest BCUT2D eigenvalue weighted by molar-refractivity contribution is 0.0988. The van der Waals surface area contributed by atoms with E-state index in [2.05, 4.69) is 18.4 Å². The van der Waals surface area contributed by atoms with Gasteiger partial charge in [-0.15, -0.1) is 0 Å². The van der Waals surface area contributed by atoms with E-state index in [0.717, 1.165) is 12.1 Å². The Balaban J connectivity index is 2.69. The van der Waals surface area contributed by atoms with Gasteiger partial charge in [0.05, 0.1) is 0 Å². The first-order chi connectivity index (χ1) is 6.13. The van der Waals surface area contributed by atoms with E-state index >= 15 is 0 Å². The van der Waals surface area contributed by atoms with Gasteiger partial charge in [-0.05, 0) is 12.0 Å². The van der Waals surface area contributed by atoms with Gasteiger partial charge in [-0.25, -0.2) is 0 Å². The fourth-order valence-corrected chi connectivity index (χ4v) is 1.35. The molecule has 0 aliphatic heterocycles. The fourth-order valence-electron chi connectivity index (χ4n) is 1.35. The summed E-state index contributed by atoms with van der Waals surface area (Å²) >= 11 is 0. The van der Waals surface area contributed by atoms with E-state index in [9.17, 15) is 4.79 Å². The predicted molar refractivity (Wildman–Crippen MR) is 53.9 cm³/mol. The van der Waals surface area contributed by atoms with Crippen LogP contribution in [-0.4, -0.2) is 10.4 Å². The van der Waals surface area contributed by atoms with Crippen LogP contribution in [0.4, 0.5) is 0 Å². The standard InChI is InChI=1S/C11H17NO/c1-4-11(13)10-5-6-12(8-10)7-9(2)3/h5-6,8-9H,4,7H2,1-3H3. The first-order valence-corrected chi connectivity index (χ1v) is 4.82. The van der Waals surface area contributed by atoms with Gasteiger partial charge in [0.2, 0.25) is 0 Å². The fraction of sp³-hybridized carbons (Fsp3) is 0.545. The van der Waals surface area contributed by atoms with E-state index in [4.69, 9.17) is 0 Å². The monoisotopic (exact) mass is 179 g/mol. The number of carbonyl (C=O) groups excluding carboxylic acids is 1. The summed E-state index contributed by atoms with van der Waals surface area (Å²) in [5, 5.41) is 0. The topological polar surface area (TPSA) is 22.0 Å². The van der Waals surface area contributed by atoms with Gasteiger partial charge in [-0.2, -0.15) is 0 Å². The molecule has 0 aliphatic carbocycles. The van der Waals surface area contributed by atoms with E-state index < -0.39 is 0 Å². The molecule has 0 aromatic carbocycles. The lowest BCUT2D eigenvalue weighted by Crippen LogP contribution is -2.02. The summed E-state index contributed by atoms with van der Waals surface area (Å²) in [7, 11) is 0. The average molecular weight is 179 g/mol. The number of Topliss-reactive ketones (excluding diaryl/α,β-unsaturated/α-hetero) is 1. The van der Waals surface area contributed by atoms with Gasteiger partial charge in [0.15, 0.2) is 5.78 Å². The minimum atomic E-state index is 0.225. The van der Waals surface area contributed by atoms with Crippen molar-refractivity contribution >= 4 is 5.78 Å². The van der Waals surface area contributed by atoms with Crippen molar-refractivity contribution in [2.75, 3.05) is 0 Å². The van der Waals surface area contributed by atoms with Gasteiger partial charge in [0.1, 0.15) is 0 Å². The number of ketones is 1. The van der Waals surface area contributed by atoms with Crippen molar-refractivity contribution in [1.29, 1.82) is 0 Å². The molecule has 1 heterocycles. The maximum atomic E-state index is 11.3. The first kappa shape index (κ1) is 10.0. The number of rotatable bonds is 4. The van der Waals surface area contributed by atoms with Crippen LogP contribution in [0.25, 0.3) is 0 Å². The number of nitrogens with zero attached hydrogens (tertiary/aromatic N) is 1. The van der Waals surface area contributed by atoms with Crippen LogP contribution in [-0.2, 0) is 6.54 Å². The highest BCUT2D eigenvalue weighted by Crippen LogP contribution is 2.07. The van der Waals surface area contributed by atoms with Crippen LogP contribution >= 0.6 is 0 Å². The second kappa shape index (κ2) is 4.26. The number of aromatic nitrogens is 1. The molecule has 0 aliphatic rings. The molecule has 2 heteroatoms. The molecule has 0 saturated carbocycles. The molecule has 0 radical (unpaired) electrons. The van der Waals surface area contributed by atoms with Crippen LogP contribution in [0.2, 0.25) is 0 Å². The van der Waals surface area contributed by atoms with Crippen LogP contribution in [0.3, 0.4) is 0 Å². The molecule has 0 unspecified atom stereocenters. The Bertz CT molecular complexity index is 286. The van der Waals surface area contributed by atoms with Gasteiger partial charge in [-0.1, -0.05) is 20.8 Å². The van der Waals surface area contributed by atoms with Crippen LogP contribution in [0, 0.1) is 5.92 Å². The smallest absolute Gasteiger partial charge is 0.164 e. The minimum Gasteiger partial charge on any atom is -0.353 e. The number of carbonyl (C=O) groups is 1. The zero-order chi connectivity index (χ0) is 9.84. The van der Waals surface area contributed by atoms with Crippen molar-refractivity contribution in [3.05, 3.63) is 24.0 Å². The van der Waals surface area contributed by atoms with Gasteiger partial charge in [-0.3, -0.25) is 4.79 Å². The third-order valence-corrected chi connectivity index (χ3v) is 1.97. The van der Waals surface area contributed by atoms with Gasteiger partial charge in [0, 0.05) is 30.9 Å². The molecule has 2 nitrogen and oxygen atoms in total. The Morgan fingerprint density at radius 2 is 2.23 bits per heavy atom. The lowest BCUT2D eigenvalue weighted by atomic mass is 10.2. The van der Waals surface area contributed by atoms with Crippen molar-refractivity contribution in [2.45, 2.75) is 33.7 Å². The van der Waals surface area contributed by atoms with E-state index in [1.54, 1.807) is 0 Å². The van der Waals surface area contributed by atoms with Crippen molar-refractivity contribution in [3.63, 3.8) is 0 Å². The van der Waals surface area contributed by atoms with Crippen molar-refractivity contribution in [2.24, 2.45) is 5.92 Å². The summed E-state index contributed by atoms with van der Waals surface area (Å²) < 4.78 is 2.08. The first-order valence-electron chi connectivity index (χ1n) is 4.82. The Kier molecular flexibility index (Phi) is 3.29. The largest absolute Gasteiger partial charge is 0.353 e. The number of hydrogen-bond acceptors (Lipinski definition) is 1. The molecule has 1 rings (SSSR count). The molecule has 0 amide bonds. The van der Waals surface area contributed by atoms with E-state index in [0.29, 0.717) is 12.3 Å². The molecular formula is C11H17NO. The Labute approximate surface area is 79.6 Å². The zero-order valence-electron chi connectivity index (χ0n) is 8.58. The maximum absolute atomic E-state index is 11.3. The molecule has 72 valence electrons. The summed E-state index contributed by atoms with van der Waals surface area (Å²) in [6.45, 7) is 7.21. The molecule has 0 fully saturated rings. The molecule has 13 heavy (non-hydrogen) atoms. The lowest BCUT2D eigenvalue weighted by Gasteiger charge is -2.04. The molecule has 0 atom stereocenters. The highest BCUT2D eigenvalue weighted by atomic mass is 16.1. The molecule has 0 N–H and O–H groups in total. The predicted octanol–water partition coefficient (Wildman–Crippen LogP) is 2.74. The van der Waals surface area contributed by atoms with E-state index in [-0.39, 0.29) is 5.78 Å². The molecule has 0 spiro atoms. The van der Waals surface area contributed by atoms with Crippen molar-refractivity contribution in [3.8, 4) is 0 Å². The summed E-state index contributed by atoms with van der Waals surface area (Å²) in [6, 6.07) is 1.90. The van der Waals surface area contributed by atoms with Gasteiger partial charge < -0.3 is 4.57 Å². The number of hydrogen-bond donors (Lipinski definition) is 0. The molecular weight excluding hydrogens is 162 g/mol.